The molecular weight excluding hydrogens is 518 g/mol. The molecule has 8 nitrogen and oxygen atoms in total. The van der Waals surface area contributed by atoms with E-state index in [9.17, 15) is 22.4 Å². The first kappa shape index (κ1) is 24.9. The summed E-state index contributed by atoms with van der Waals surface area (Å²) in [7, 11) is 0. The predicted molar refractivity (Wildman–Crippen MR) is 129 cm³/mol. The topological polar surface area (TPSA) is 88.6 Å². The van der Waals surface area contributed by atoms with Crippen LogP contribution in [0, 0.1) is 0 Å². The van der Waals surface area contributed by atoms with E-state index in [1.807, 2.05) is 0 Å². The van der Waals surface area contributed by atoms with Crippen LogP contribution in [0.4, 0.5) is 34.8 Å². The van der Waals surface area contributed by atoms with Crippen LogP contribution >= 0.6 is 11.6 Å². The highest BCUT2D eigenvalue weighted by molar-refractivity contribution is 6.32. The van der Waals surface area contributed by atoms with E-state index in [0.29, 0.717) is 19.0 Å². The highest BCUT2D eigenvalue weighted by atomic mass is 35.5. The van der Waals surface area contributed by atoms with Gasteiger partial charge in [0.2, 0.25) is 5.75 Å². The maximum Gasteiger partial charge on any atom is 0.416 e. The van der Waals surface area contributed by atoms with E-state index in [0.717, 1.165) is 12.1 Å². The fourth-order valence-corrected chi connectivity index (χ4v) is 4.18. The number of alkyl halides is 4. The molecular formula is C24H20ClF4N5O3. The quantitative estimate of drug-likeness (QED) is 0.413. The van der Waals surface area contributed by atoms with Crippen LogP contribution in [0.5, 0.6) is 17.4 Å². The van der Waals surface area contributed by atoms with Gasteiger partial charge in [-0.3, -0.25) is 4.79 Å². The van der Waals surface area contributed by atoms with Crippen molar-refractivity contribution < 1.29 is 31.8 Å². The van der Waals surface area contributed by atoms with E-state index in [-0.39, 0.29) is 58.9 Å². The lowest BCUT2D eigenvalue weighted by molar-refractivity contribution is -0.137. The molecule has 3 heterocycles. The molecule has 2 aliphatic heterocycles. The molecule has 0 radical (unpaired) electrons. The third-order valence-corrected chi connectivity index (χ3v) is 6.12. The molecule has 2 N–H and O–H groups in total. The van der Waals surface area contributed by atoms with Gasteiger partial charge in [-0.05, 0) is 42.8 Å². The molecule has 1 unspecified atom stereocenters. The van der Waals surface area contributed by atoms with Gasteiger partial charge in [0.05, 0.1) is 17.1 Å². The SMILES string of the molecule is O=C(Nc1cc(N2CCC(F)C2)cc(C(F)(F)F)c1)c1ccc(Cl)c(Oc2ncnc3c2OCCN3)c1. The molecule has 13 heteroatoms. The molecule has 5 rings (SSSR count). The zero-order chi connectivity index (χ0) is 26.2. The number of ether oxygens (including phenoxy) is 2. The third kappa shape index (κ3) is 5.48. The number of hydrogen-bond acceptors (Lipinski definition) is 7. The fraction of sp³-hybridized carbons (Fsp3) is 0.292. The minimum Gasteiger partial charge on any atom is -0.483 e. The number of aromatic nitrogens is 2. The lowest BCUT2D eigenvalue weighted by atomic mass is 10.1. The van der Waals surface area contributed by atoms with Crippen LogP contribution in [-0.2, 0) is 6.18 Å². The van der Waals surface area contributed by atoms with Crippen LogP contribution in [0.3, 0.4) is 0 Å². The number of rotatable bonds is 5. The second kappa shape index (κ2) is 9.92. The molecule has 0 aliphatic carbocycles. The highest BCUT2D eigenvalue weighted by Gasteiger charge is 2.33. The monoisotopic (exact) mass is 537 g/mol. The Morgan fingerprint density at radius 3 is 2.81 bits per heavy atom. The normalized spacial score (nSPS) is 17.0. The summed E-state index contributed by atoms with van der Waals surface area (Å²) in [5.74, 6) is 0.197. The van der Waals surface area contributed by atoms with Crippen LogP contribution in [0.25, 0.3) is 0 Å². The van der Waals surface area contributed by atoms with E-state index >= 15 is 0 Å². The van der Waals surface area contributed by atoms with E-state index in [1.165, 1.54) is 35.5 Å². The number of nitrogens with zero attached hydrogens (tertiary/aromatic N) is 3. The molecule has 0 saturated carbocycles. The van der Waals surface area contributed by atoms with Crippen LogP contribution in [0.2, 0.25) is 5.02 Å². The van der Waals surface area contributed by atoms with Gasteiger partial charge in [-0.25, -0.2) is 9.37 Å². The Hall–Kier alpha value is -3.80. The lowest BCUT2D eigenvalue weighted by Crippen LogP contribution is -2.21. The number of amides is 1. The Kier molecular flexibility index (Phi) is 6.67. The molecule has 2 aromatic carbocycles. The van der Waals surface area contributed by atoms with Gasteiger partial charge in [-0.15, -0.1) is 0 Å². The van der Waals surface area contributed by atoms with Gasteiger partial charge in [-0.1, -0.05) is 11.6 Å². The Morgan fingerprint density at radius 1 is 1.22 bits per heavy atom. The van der Waals surface area contributed by atoms with E-state index in [4.69, 9.17) is 21.1 Å². The first-order valence-corrected chi connectivity index (χ1v) is 11.7. The molecule has 1 aromatic heterocycles. The number of nitrogens with one attached hydrogen (secondary N) is 2. The van der Waals surface area contributed by atoms with Gasteiger partial charge in [0, 0.05) is 30.0 Å². The Balaban J connectivity index is 1.40. The summed E-state index contributed by atoms with van der Waals surface area (Å²) in [5, 5.41) is 5.70. The Labute approximate surface area is 213 Å². The van der Waals surface area contributed by atoms with E-state index in [2.05, 4.69) is 20.6 Å². The van der Waals surface area contributed by atoms with Gasteiger partial charge < -0.3 is 25.0 Å². The second-order valence-corrected chi connectivity index (χ2v) is 8.84. The molecule has 0 bridgehead atoms. The zero-order valence-corrected chi connectivity index (χ0v) is 19.9. The predicted octanol–water partition coefficient (Wildman–Crippen LogP) is 5.55. The van der Waals surface area contributed by atoms with Crippen molar-refractivity contribution in [2.24, 2.45) is 0 Å². The summed E-state index contributed by atoms with van der Waals surface area (Å²) in [6, 6.07) is 7.32. The standard InChI is InChI=1S/C24H20ClF4N5O3/c25-18-2-1-13(7-19(18)37-23-20-21(31-12-32-23)30-4-6-36-20)22(35)33-16-8-14(24(27,28)29)9-17(10-16)34-5-3-15(26)11-34/h1-2,7-10,12,15H,3-6,11H2,(H,33,35)(H,30,31,32). The van der Waals surface area contributed by atoms with Crippen molar-refractivity contribution in [1.82, 2.24) is 9.97 Å². The van der Waals surface area contributed by atoms with Gasteiger partial charge in [0.1, 0.15) is 24.9 Å². The molecule has 1 saturated heterocycles. The van der Waals surface area contributed by atoms with Crippen LogP contribution in [-0.4, -0.2) is 48.3 Å². The third-order valence-electron chi connectivity index (χ3n) is 5.81. The summed E-state index contributed by atoms with van der Waals surface area (Å²) in [6.07, 6.45) is -4.28. The average Bonchev–Trinajstić information content (AvgIpc) is 3.31. The molecule has 3 aromatic rings. The number of carbonyl (C=O) groups excluding carboxylic acids is 1. The number of anilines is 3. The summed E-state index contributed by atoms with van der Waals surface area (Å²) in [4.78, 5) is 22.6. The van der Waals surface area contributed by atoms with Crippen LogP contribution in [0.1, 0.15) is 22.3 Å². The van der Waals surface area contributed by atoms with Crippen molar-refractivity contribution in [2.45, 2.75) is 18.8 Å². The fourth-order valence-electron chi connectivity index (χ4n) is 4.02. The van der Waals surface area contributed by atoms with Crippen molar-refractivity contribution >= 4 is 34.7 Å². The summed E-state index contributed by atoms with van der Waals surface area (Å²) in [6.45, 7) is 1.19. The molecule has 2 aliphatic rings. The number of benzene rings is 2. The van der Waals surface area contributed by atoms with Crippen molar-refractivity contribution in [1.29, 1.82) is 0 Å². The van der Waals surface area contributed by atoms with Crippen molar-refractivity contribution in [3.63, 3.8) is 0 Å². The van der Waals surface area contributed by atoms with Crippen LogP contribution in [0.15, 0.2) is 42.7 Å². The second-order valence-electron chi connectivity index (χ2n) is 8.43. The minimum atomic E-state index is -4.65. The van der Waals surface area contributed by atoms with E-state index in [1.54, 1.807) is 0 Å². The van der Waals surface area contributed by atoms with Gasteiger partial charge >= 0.3 is 6.18 Å². The first-order valence-electron chi connectivity index (χ1n) is 11.3. The van der Waals surface area contributed by atoms with Crippen molar-refractivity contribution in [2.75, 3.05) is 41.8 Å². The Bertz CT molecular complexity index is 1340. The summed E-state index contributed by atoms with van der Waals surface area (Å²) in [5.41, 5.74) is -0.790. The lowest BCUT2D eigenvalue weighted by Gasteiger charge is -2.21. The average molecular weight is 538 g/mol. The highest BCUT2D eigenvalue weighted by Crippen LogP contribution is 2.39. The Morgan fingerprint density at radius 2 is 2.05 bits per heavy atom. The van der Waals surface area contributed by atoms with Gasteiger partial charge in [0.25, 0.3) is 11.8 Å². The summed E-state index contributed by atoms with van der Waals surface area (Å²) < 4.78 is 65.6. The number of halogens is 5. The maximum atomic E-state index is 13.7. The number of hydrogen-bond donors (Lipinski definition) is 2. The smallest absolute Gasteiger partial charge is 0.416 e. The number of carbonyl (C=O) groups is 1. The molecule has 1 amide bonds. The molecule has 37 heavy (non-hydrogen) atoms. The molecule has 1 fully saturated rings. The summed E-state index contributed by atoms with van der Waals surface area (Å²) >= 11 is 6.25. The first-order chi connectivity index (χ1) is 17.7. The van der Waals surface area contributed by atoms with Gasteiger partial charge in [-0.2, -0.15) is 18.2 Å². The van der Waals surface area contributed by atoms with Crippen molar-refractivity contribution in [3.8, 4) is 17.4 Å². The van der Waals surface area contributed by atoms with E-state index < -0.39 is 23.8 Å². The maximum absolute atomic E-state index is 13.7. The zero-order valence-electron chi connectivity index (χ0n) is 19.1. The molecule has 1 atom stereocenters. The van der Waals surface area contributed by atoms with Crippen LogP contribution < -0.4 is 25.0 Å². The minimum absolute atomic E-state index is 0.0153. The number of fused-ring (bicyclic) bond motifs is 1. The largest absolute Gasteiger partial charge is 0.483 e. The van der Waals surface area contributed by atoms with Gasteiger partial charge in [0.15, 0.2) is 5.82 Å². The van der Waals surface area contributed by atoms with Crippen molar-refractivity contribution in [3.05, 3.63) is 58.9 Å². The molecule has 194 valence electrons. The molecule has 0 spiro atoms.